The molecule has 11 heteroatoms. The molecule has 0 aromatic heterocycles. The van der Waals surface area contributed by atoms with Crippen LogP contribution in [0.2, 0.25) is 0 Å². The summed E-state index contributed by atoms with van der Waals surface area (Å²) < 4.78 is 52.3. The van der Waals surface area contributed by atoms with E-state index in [1.165, 1.54) is 23.5 Å². The van der Waals surface area contributed by atoms with Gasteiger partial charge in [-0.2, -0.15) is 13.2 Å². The number of hydrogen-bond donors (Lipinski definition) is 2. The van der Waals surface area contributed by atoms with Gasteiger partial charge < -0.3 is 10.1 Å². The molecular formula is C14H15F3N2O5S. The number of alkyl halides is 3. The van der Waals surface area contributed by atoms with E-state index in [-0.39, 0.29) is 16.2 Å². The molecule has 0 aliphatic heterocycles. The molecule has 0 aliphatic carbocycles. The van der Waals surface area contributed by atoms with Crippen LogP contribution in [0.15, 0.2) is 29.2 Å². The van der Waals surface area contributed by atoms with E-state index in [1.54, 1.807) is 18.3 Å². The molecule has 138 valence electrons. The SMILES string of the molecule is CC[S@](=O)c1ccccc1C(=O)OCC(=O)NC(=O)NCC(F)(F)F. The Hall–Kier alpha value is -2.43. The Bertz CT molecular complexity index is 679. The Morgan fingerprint density at radius 1 is 1.20 bits per heavy atom. The largest absolute Gasteiger partial charge is 0.452 e. The van der Waals surface area contributed by atoms with Crippen molar-refractivity contribution in [2.24, 2.45) is 0 Å². The van der Waals surface area contributed by atoms with E-state index in [4.69, 9.17) is 0 Å². The number of carbonyl (C=O) groups is 3. The zero-order valence-corrected chi connectivity index (χ0v) is 13.8. The van der Waals surface area contributed by atoms with E-state index < -0.39 is 48.0 Å². The van der Waals surface area contributed by atoms with Crippen molar-refractivity contribution in [3.05, 3.63) is 29.8 Å². The van der Waals surface area contributed by atoms with Gasteiger partial charge in [0.25, 0.3) is 5.91 Å². The van der Waals surface area contributed by atoms with Crippen molar-refractivity contribution in [1.29, 1.82) is 0 Å². The first-order chi connectivity index (χ1) is 11.6. The number of esters is 1. The van der Waals surface area contributed by atoms with Crippen molar-refractivity contribution in [2.45, 2.75) is 18.0 Å². The summed E-state index contributed by atoms with van der Waals surface area (Å²) in [4.78, 5) is 34.7. The predicted octanol–water partition coefficient (Wildman–Crippen LogP) is 1.36. The third-order valence-corrected chi connectivity index (χ3v) is 4.02. The number of nitrogens with one attached hydrogen (secondary N) is 2. The highest BCUT2D eigenvalue weighted by atomic mass is 32.2. The summed E-state index contributed by atoms with van der Waals surface area (Å²) >= 11 is 0. The van der Waals surface area contributed by atoms with Crippen molar-refractivity contribution >= 4 is 28.7 Å². The smallest absolute Gasteiger partial charge is 0.405 e. The van der Waals surface area contributed by atoms with Crippen LogP contribution in [0.4, 0.5) is 18.0 Å². The molecule has 0 saturated carbocycles. The van der Waals surface area contributed by atoms with Crippen LogP contribution in [0.25, 0.3) is 0 Å². The van der Waals surface area contributed by atoms with E-state index in [2.05, 4.69) is 4.74 Å². The summed E-state index contributed by atoms with van der Waals surface area (Å²) in [7, 11) is -1.43. The molecular weight excluding hydrogens is 365 g/mol. The Morgan fingerprint density at radius 3 is 2.44 bits per heavy atom. The predicted molar refractivity (Wildman–Crippen MR) is 81.3 cm³/mol. The van der Waals surface area contributed by atoms with Crippen LogP contribution in [0.5, 0.6) is 0 Å². The summed E-state index contributed by atoms with van der Waals surface area (Å²) in [5, 5.41) is 3.01. The van der Waals surface area contributed by atoms with Gasteiger partial charge in [-0.15, -0.1) is 0 Å². The molecule has 0 unspecified atom stereocenters. The minimum absolute atomic E-state index is 0.00277. The summed E-state index contributed by atoms with van der Waals surface area (Å²) in [5.41, 5.74) is -0.00277. The highest BCUT2D eigenvalue weighted by Crippen LogP contribution is 2.15. The number of rotatable bonds is 6. The van der Waals surface area contributed by atoms with Gasteiger partial charge in [-0.3, -0.25) is 14.3 Å². The van der Waals surface area contributed by atoms with Gasteiger partial charge in [0.1, 0.15) is 6.54 Å². The van der Waals surface area contributed by atoms with Crippen molar-refractivity contribution in [3.63, 3.8) is 0 Å². The van der Waals surface area contributed by atoms with Gasteiger partial charge >= 0.3 is 18.2 Å². The molecule has 0 bridgehead atoms. The Labute approximate surface area is 143 Å². The number of urea groups is 1. The number of halogens is 3. The highest BCUT2D eigenvalue weighted by molar-refractivity contribution is 7.85. The second-order valence-electron chi connectivity index (χ2n) is 4.55. The van der Waals surface area contributed by atoms with Crippen LogP contribution >= 0.6 is 0 Å². The highest BCUT2D eigenvalue weighted by Gasteiger charge is 2.28. The Morgan fingerprint density at radius 2 is 1.84 bits per heavy atom. The topological polar surface area (TPSA) is 102 Å². The van der Waals surface area contributed by atoms with Gasteiger partial charge in [-0.1, -0.05) is 19.1 Å². The molecule has 1 aromatic carbocycles. The van der Waals surface area contributed by atoms with Gasteiger partial charge in [-0.05, 0) is 12.1 Å². The molecule has 0 heterocycles. The zero-order valence-electron chi connectivity index (χ0n) is 13.0. The van der Waals surface area contributed by atoms with Crippen LogP contribution in [0.3, 0.4) is 0 Å². The van der Waals surface area contributed by atoms with E-state index in [0.29, 0.717) is 0 Å². The lowest BCUT2D eigenvalue weighted by atomic mass is 10.2. The number of ether oxygens (including phenoxy) is 1. The molecule has 0 saturated heterocycles. The number of hydrogen-bond acceptors (Lipinski definition) is 5. The van der Waals surface area contributed by atoms with Crippen LogP contribution in [0, 0.1) is 0 Å². The molecule has 1 aromatic rings. The van der Waals surface area contributed by atoms with Crippen molar-refractivity contribution in [2.75, 3.05) is 18.9 Å². The quantitative estimate of drug-likeness (QED) is 0.726. The van der Waals surface area contributed by atoms with Crippen LogP contribution < -0.4 is 10.6 Å². The monoisotopic (exact) mass is 380 g/mol. The minimum atomic E-state index is -4.62. The fourth-order valence-corrected chi connectivity index (χ4v) is 2.52. The maximum Gasteiger partial charge on any atom is 0.405 e. The van der Waals surface area contributed by atoms with Gasteiger partial charge in [0.15, 0.2) is 6.61 Å². The van der Waals surface area contributed by atoms with Gasteiger partial charge in [0, 0.05) is 5.75 Å². The fourth-order valence-electron chi connectivity index (χ4n) is 1.59. The van der Waals surface area contributed by atoms with E-state index >= 15 is 0 Å². The molecule has 0 aliphatic rings. The lowest BCUT2D eigenvalue weighted by Gasteiger charge is -2.10. The second-order valence-corrected chi connectivity index (χ2v) is 6.26. The summed E-state index contributed by atoms with van der Waals surface area (Å²) in [6, 6.07) is 4.56. The molecule has 2 N–H and O–H groups in total. The van der Waals surface area contributed by atoms with E-state index in [9.17, 15) is 31.8 Å². The Balaban J connectivity index is 2.56. The summed E-state index contributed by atoms with van der Waals surface area (Å²) in [6.07, 6.45) is -4.62. The van der Waals surface area contributed by atoms with Crippen LogP contribution in [-0.4, -0.2) is 47.2 Å². The third kappa shape index (κ3) is 7.33. The van der Waals surface area contributed by atoms with Crippen LogP contribution in [-0.2, 0) is 20.3 Å². The maximum atomic E-state index is 11.9. The van der Waals surface area contributed by atoms with Crippen molar-refractivity contribution in [3.8, 4) is 0 Å². The van der Waals surface area contributed by atoms with Gasteiger partial charge in [-0.25, -0.2) is 9.59 Å². The van der Waals surface area contributed by atoms with E-state index in [0.717, 1.165) is 0 Å². The number of imide groups is 1. The molecule has 25 heavy (non-hydrogen) atoms. The van der Waals surface area contributed by atoms with Crippen molar-refractivity contribution in [1.82, 2.24) is 10.6 Å². The standard InChI is InChI=1S/C14H15F3N2O5S/c1-2-25(23)10-6-4-3-5-9(10)12(21)24-7-11(20)19-13(22)18-8-14(15,16)17/h3-6H,2,7-8H2,1H3,(H2,18,19,20,22)/t25-/m0/s1. The zero-order chi connectivity index (χ0) is 19.0. The first kappa shape index (κ1) is 20.6. The molecule has 7 nitrogen and oxygen atoms in total. The molecule has 1 atom stereocenters. The lowest BCUT2D eigenvalue weighted by Crippen LogP contribution is -2.44. The molecule has 1 rings (SSSR count). The Kier molecular flexibility index (Phi) is 7.55. The molecule has 0 radical (unpaired) electrons. The lowest BCUT2D eigenvalue weighted by molar-refractivity contribution is -0.125. The molecule has 3 amide bonds. The second kappa shape index (κ2) is 9.16. The van der Waals surface area contributed by atoms with Crippen molar-refractivity contribution < 1.29 is 36.5 Å². The first-order valence-electron chi connectivity index (χ1n) is 6.93. The number of benzene rings is 1. The van der Waals surface area contributed by atoms with Gasteiger partial charge in [0.2, 0.25) is 0 Å². The average Bonchev–Trinajstić information content (AvgIpc) is 2.56. The third-order valence-electron chi connectivity index (χ3n) is 2.65. The minimum Gasteiger partial charge on any atom is -0.452 e. The summed E-state index contributed by atoms with van der Waals surface area (Å²) in [5.74, 6) is -1.78. The number of carbonyl (C=O) groups excluding carboxylic acids is 3. The average molecular weight is 380 g/mol. The normalized spacial score (nSPS) is 12.2. The number of amides is 3. The van der Waals surface area contributed by atoms with E-state index in [1.807, 2.05) is 0 Å². The fraction of sp³-hybridized carbons (Fsp3) is 0.357. The maximum absolute atomic E-state index is 11.9. The van der Waals surface area contributed by atoms with Gasteiger partial charge in [0.05, 0.1) is 21.3 Å². The summed E-state index contributed by atoms with van der Waals surface area (Å²) in [6.45, 7) is -0.835. The molecule has 0 fully saturated rings. The van der Waals surface area contributed by atoms with Crippen LogP contribution in [0.1, 0.15) is 17.3 Å². The first-order valence-corrected chi connectivity index (χ1v) is 8.25. The molecule has 0 spiro atoms.